The quantitative estimate of drug-likeness (QED) is 0.0212. The maximum Gasteiger partial charge on any atom is 0.306 e. The lowest BCUT2D eigenvalue weighted by Gasteiger charge is -2.30. The number of carbonyl (C=O) groups is 2. The topological polar surface area (TPSA) is 114 Å². The Morgan fingerprint density at radius 3 is 1.43 bits per heavy atom. The van der Waals surface area contributed by atoms with Gasteiger partial charge in [-0.25, -0.2) is 0 Å². The minimum atomic E-state index is -4.70. The number of hydrogen-bond donors (Lipinski definition) is 1. The molecule has 0 bridgehead atoms. The first-order valence-corrected chi connectivity index (χ1v) is 28.4. The highest BCUT2D eigenvalue weighted by Crippen LogP contribution is 2.38. The van der Waals surface area contributed by atoms with Crippen LogP contribution in [0.15, 0.2) is 48.6 Å². The molecule has 0 heterocycles. The van der Waals surface area contributed by atoms with Crippen LogP contribution in [0.1, 0.15) is 239 Å². The lowest BCUT2D eigenvalue weighted by atomic mass is 10.1. The third-order valence-electron chi connectivity index (χ3n) is 11.7. The number of hydrogen-bond acceptors (Lipinski definition) is 7. The van der Waals surface area contributed by atoms with Crippen molar-refractivity contribution < 1.29 is 37.3 Å². The van der Waals surface area contributed by atoms with E-state index < -0.39 is 32.5 Å². The van der Waals surface area contributed by atoms with E-state index in [1.807, 2.05) is 33.3 Å². The number of rotatable bonds is 48. The first kappa shape index (κ1) is 63.0. The smallest absolute Gasteiger partial charge is 0.306 e. The Balaban J connectivity index is 5.51. The first-order valence-electron chi connectivity index (χ1n) is 26.9. The lowest BCUT2D eigenvalue weighted by Crippen LogP contribution is -2.47. The van der Waals surface area contributed by atoms with Gasteiger partial charge < -0.3 is 28.5 Å². The number of phosphoric acid groups is 1. The van der Waals surface area contributed by atoms with Crippen molar-refractivity contribution in [1.29, 1.82) is 0 Å². The Morgan fingerprint density at radius 2 is 0.954 bits per heavy atom. The van der Waals surface area contributed by atoms with Crippen LogP contribution in [0.5, 0.6) is 0 Å². The fraction of sp³-hybridized carbons (Fsp3) is 0.818. The molecule has 0 saturated heterocycles. The summed E-state index contributed by atoms with van der Waals surface area (Å²) in [6.07, 6.45) is 53.8. The van der Waals surface area contributed by atoms with Crippen molar-refractivity contribution >= 4 is 19.7 Å². The molecule has 0 aliphatic rings. The summed E-state index contributed by atoms with van der Waals surface area (Å²) in [5.41, 5.74) is 0. The molecular formula is C55H103N2O7P. The molecule has 380 valence electrons. The van der Waals surface area contributed by atoms with Gasteiger partial charge in [0.15, 0.2) is 0 Å². The van der Waals surface area contributed by atoms with Gasteiger partial charge in [0.25, 0.3) is 7.82 Å². The first-order chi connectivity index (χ1) is 31.4. The molecule has 10 heteroatoms. The zero-order chi connectivity index (χ0) is 48.0. The summed E-state index contributed by atoms with van der Waals surface area (Å²) in [7, 11) is 1.15. The van der Waals surface area contributed by atoms with Crippen molar-refractivity contribution in [1.82, 2.24) is 5.32 Å². The van der Waals surface area contributed by atoms with Crippen LogP contribution in [-0.2, 0) is 27.9 Å². The van der Waals surface area contributed by atoms with Gasteiger partial charge in [0.1, 0.15) is 19.3 Å². The van der Waals surface area contributed by atoms with Gasteiger partial charge in [-0.3, -0.25) is 14.2 Å². The molecular weight excluding hydrogens is 832 g/mol. The van der Waals surface area contributed by atoms with E-state index in [1.54, 1.807) is 6.08 Å². The van der Waals surface area contributed by atoms with Gasteiger partial charge in [-0.15, -0.1) is 0 Å². The predicted octanol–water partition coefficient (Wildman–Crippen LogP) is 15.1. The van der Waals surface area contributed by atoms with Crippen molar-refractivity contribution in [2.45, 2.75) is 251 Å². The molecule has 0 aromatic rings. The average molecular weight is 935 g/mol. The van der Waals surface area contributed by atoms with Crippen molar-refractivity contribution in [3.8, 4) is 0 Å². The second kappa shape index (κ2) is 45.7. The van der Waals surface area contributed by atoms with Crippen LogP contribution in [0.2, 0.25) is 0 Å². The number of unbranched alkanes of at least 4 members (excludes halogenated alkanes) is 26. The molecule has 0 aliphatic carbocycles. The Labute approximate surface area is 401 Å². The van der Waals surface area contributed by atoms with Gasteiger partial charge in [-0.2, -0.15) is 0 Å². The fourth-order valence-electron chi connectivity index (χ4n) is 7.51. The third-order valence-corrected chi connectivity index (χ3v) is 12.7. The van der Waals surface area contributed by atoms with Crippen LogP contribution in [0, 0.1) is 0 Å². The number of nitrogens with zero attached hydrogens (tertiary/aromatic N) is 1. The summed E-state index contributed by atoms with van der Waals surface area (Å²) >= 11 is 0. The zero-order valence-corrected chi connectivity index (χ0v) is 44.1. The van der Waals surface area contributed by atoms with E-state index in [1.165, 1.54) is 135 Å². The summed E-state index contributed by atoms with van der Waals surface area (Å²) in [5, 5.41) is 2.99. The van der Waals surface area contributed by atoms with E-state index in [0.29, 0.717) is 23.9 Å². The molecule has 0 rings (SSSR count). The molecule has 65 heavy (non-hydrogen) atoms. The van der Waals surface area contributed by atoms with Crippen LogP contribution in [0.4, 0.5) is 0 Å². The van der Waals surface area contributed by atoms with E-state index in [2.05, 4.69) is 56.5 Å². The van der Waals surface area contributed by atoms with E-state index in [0.717, 1.165) is 57.8 Å². The maximum atomic E-state index is 13.4. The Hall–Kier alpha value is -2.03. The number of ether oxygens (including phenoxy) is 1. The Morgan fingerprint density at radius 1 is 0.538 bits per heavy atom. The number of quaternary nitrogens is 1. The second-order valence-electron chi connectivity index (χ2n) is 19.4. The van der Waals surface area contributed by atoms with Gasteiger partial charge in [0, 0.05) is 12.8 Å². The van der Waals surface area contributed by atoms with Crippen molar-refractivity contribution in [3.63, 3.8) is 0 Å². The molecule has 0 spiro atoms. The lowest BCUT2D eigenvalue weighted by molar-refractivity contribution is -0.870. The van der Waals surface area contributed by atoms with Gasteiger partial charge in [0.05, 0.1) is 33.8 Å². The Kier molecular flexibility index (Phi) is 44.3. The highest BCUT2D eigenvalue weighted by atomic mass is 31.2. The fourth-order valence-corrected chi connectivity index (χ4v) is 8.23. The second-order valence-corrected chi connectivity index (χ2v) is 20.8. The summed E-state index contributed by atoms with van der Waals surface area (Å²) in [6.45, 7) is 6.77. The number of allylic oxidation sites excluding steroid dienone is 7. The van der Waals surface area contributed by atoms with E-state index in [9.17, 15) is 19.0 Å². The molecule has 3 unspecified atom stereocenters. The monoisotopic (exact) mass is 935 g/mol. The van der Waals surface area contributed by atoms with Gasteiger partial charge in [-0.05, 0) is 76.7 Å². The molecule has 0 aromatic heterocycles. The number of esters is 1. The maximum absolute atomic E-state index is 13.4. The van der Waals surface area contributed by atoms with Crippen LogP contribution >= 0.6 is 7.82 Å². The minimum absolute atomic E-state index is 0.0325. The summed E-state index contributed by atoms with van der Waals surface area (Å²) < 4.78 is 30.1. The van der Waals surface area contributed by atoms with Crippen LogP contribution in [0.3, 0.4) is 0 Å². The van der Waals surface area contributed by atoms with E-state index in [-0.39, 0.29) is 25.4 Å². The minimum Gasteiger partial charge on any atom is -0.756 e. The molecule has 0 aliphatic heterocycles. The zero-order valence-electron chi connectivity index (χ0n) is 43.2. The number of nitrogens with one attached hydrogen (secondary N) is 1. The largest absolute Gasteiger partial charge is 0.756 e. The molecule has 0 aromatic carbocycles. The van der Waals surface area contributed by atoms with Crippen LogP contribution in [0.25, 0.3) is 0 Å². The van der Waals surface area contributed by atoms with Gasteiger partial charge in [-0.1, -0.05) is 198 Å². The summed E-state index contributed by atoms with van der Waals surface area (Å²) in [5.74, 6) is -0.637. The molecule has 0 fully saturated rings. The molecule has 9 nitrogen and oxygen atoms in total. The third kappa shape index (κ3) is 46.9. The Bertz CT molecular complexity index is 1260. The van der Waals surface area contributed by atoms with Crippen LogP contribution in [-0.4, -0.2) is 69.4 Å². The van der Waals surface area contributed by atoms with Crippen molar-refractivity contribution in [2.24, 2.45) is 0 Å². The molecule has 0 radical (unpaired) electrons. The van der Waals surface area contributed by atoms with Gasteiger partial charge >= 0.3 is 5.97 Å². The highest BCUT2D eigenvalue weighted by molar-refractivity contribution is 7.45. The summed E-state index contributed by atoms with van der Waals surface area (Å²) in [6, 6.07) is -0.915. The molecule has 0 saturated carbocycles. The highest BCUT2D eigenvalue weighted by Gasteiger charge is 2.27. The normalized spacial score (nSPS) is 14.3. The average Bonchev–Trinajstić information content (AvgIpc) is 3.26. The number of likely N-dealkylation sites (N-methyl/N-ethyl adjacent to an activating group) is 1. The number of amides is 1. The standard InChI is InChI=1S/C55H103N2O7P/c1-7-10-13-16-19-22-25-28-30-32-35-38-41-44-47-54(58)56-52(51-63-65(60,61)62-50-49-57(4,5)6)53(46-43-40-37-34-31-27-24-21-18-15-12-9-3)64-55(59)48-45-42-39-36-33-29-26-23-20-17-14-11-8-2/h29-30,32-33,39,42-43,46,52-53H,7-28,31,34-38,40-41,44-45,47-51H2,1-6H3,(H-,56,58,60,61)/b32-30-,33-29-,42-39+,46-43+. The number of carbonyl (C=O) groups excluding carboxylic acids is 2. The van der Waals surface area contributed by atoms with Crippen LogP contribution < -0.4 is 10.2 Å². The summed E-state index contributed by atoms with van der Waals surface area (Å²) in [4.78, 5) is 39.6. The van der Waals surface area contributed by atoms with E-state index >= 15 is 0 Å². The van der Waals surface area contributed by atoms with Gasteiger partial charge in [0.2, 0.25) is 5.91 Å². The SMILES string of the molecule is CCCCCCCC/C=C\C/C=C/CCC(=O)OC(/C=C/CCCCCCCCCCCC)C(COP(=O)([O-])OCC[N+](C)(C)C)NC(=O)CCCCC/C=C\CCCCCCCCC. The number of phosphoric ester groups is 1. The predicted molar refractivity (Wildman–Crippen MR) is 275 cm³/mol. The molecule has 1 amide bonds. The van der Waals surface area contributed by atoms with Crippen molar-refractivity contribution in [3.05, 3.63) is 48.6 Å². The molecule has 1 N–H and O–H groups in total. The molecule has 3 atom stereocenters. The van der Waals surface area contributed by atoms with Crippen molar-refractivity contribution in [2.75, 3.05) is 40.9 Å². The van der Waals surface area contributed by atoms with E-state index in [4.69, 9.17) is 13.8 Å².